The van der Waals surface area contributed by atoms with Crippen molar-refractivity contribution in [1.29, 1.82) is 0 Å². The van der Waals surface area contributed by atoms with Gasteiger partial charge in [0.1, 0.15) is 11.5 Å². The fourth-order valence-corrected chi connectivity index (χ4v) is 4.85. The number of benzene rings is 1. The number of hydrogen-bond donors (Lipinski definition) is 2. The number of thioether (sulfide) groups is 1. The number of aromatic amines is 1. The molecular formula is C19H19FN2O2S. The lowest BCUT2D eigenvalue weighted by Crippen LogP contribution is -2.31. The Morgan fingerprint density at radius 1 is 1.36 bits per heavy atom. The third-order valence-corrected chi connectivity index (χ3v) is 6.10. The maximum absolute atomic E-state index is 13.6. The Kier molecular flexibility index (Phi) is 4.15. The molecule has 0 bridgehead atoms. The molecule has 1 unspecified atom stereocenters. The van der Waals surface area contributed by atoms with Crippen molar-refractivity contribution in [3.63, 3.8) is 0 Å². The highest BCUT2D eigenvalue weighted by Gasteiger charge is 2.28. The molecule has 1 aliphatic carbocycles. The Hall–Kier alpha value is -2.08. The summed E-state index contributed by atoms with van der Waals surface area (Å²) < 4.78 is 13.6. The number of carbonyl (C=O) groups excluding carboxylic acids is 2. The molecule has 6 heteroatoms. The molecule has 0 saturated carbocycles. The van der Waals surface area contributed by atoms with Crippen molar-refractivity contribution >= 4 is 23.5 Å². The van der Waals surface area contributed by atoms with E-state index in [9.17, 15) is 14.0 Å². The summed E-state index contributed by atoms with van der Waals surface area (Å²) in [7, 11) is 0. The number of aryl methyl sites for hydroxylation is 1. The molecule has 1 aliphatic heterocycles. The summed E-state index contributed by atoms with van der Waals surface area (Å²) in [6, 6.07) is 4.51. The van der Waals surface area contributed by atoms with Gasteiger partial charge in [0, 0.05) is 28.3 Å². The number of carbonyl (C=O) groups is 2. The number of ketones is 1. The van der Waals surface area contributed by atoms with Gasteiger partial charge in [-0.3, -0.25) is 9.59 Å². The first kappa shape index (κ1) is 16.4. The van der Waals surface area contributed by atoms with Gasteiger partial charge >= 0.3 is 0 Å². The summed E-state index contributed by atoms with van der Waals surface area (Å²) >= 11 is 1.68. The second-order valence-electron chi connectivity index (χ2n) is 6.60. The summed E-state index contributed by atoms with van der Waals surface area (Å²) in [5, 5.41) is 3.02. The molecule has 2 N–H and O–H groups in total. The molecule has 2 aliphatic rings. The van der Waals surface area contributed by atoms with E-state index < -0.39 is 0 Å². The molecule has 0 fully saturated rings. The van der Waals surface area contributed by atoms with Crippen LogP contribution in [0.2, 0.25) is 0 Å². The van der Waals surface area contributed by atoms with Gasteiger partial charge < -0.3 is 10.3 Å². The Bertz CT molecular complexity index is 875. The minimum Gasteiger partial charge on any atom is -0.354 e. The number of amides is 1. The smallest absolute Gasteiger partial charge is 0.268 e. The van der Waals surface area contributed by atoms with Crippen molar-refractivity contribution in [2.75, 3.05) is 5.75 Å². The van der Waals surface area contributed by atoms with E-state index in [0.29, 0.717) is 17.7 Å². The molecule has 1 aromatic carbocycles. The topological polar surface area (TPSA) is 62.0 Å². The van der Waals surface area contributed by atoms with Crippen LogP contribution in [-0.4, -0.2) is 22.4 Å². The standard InChI is InChI=1S/C19H19FN2O2S/c1-10-17-14(3-2-4-15(17)23)21-18(10)19(24)22-13-7-8-25-16-6-5-11(20)9-12(13)16/h5-6,9,13,21H,2-4,7-8H2,1H3,(H,22,24). The van der Waals surface area contributed by atoms with Crippen LogP contribution in [0.4, 0.5) is 4.39 Å². The summed E-state index contributed by atoms with van der Waals surface area (Å²) in [4.78, 5) is 29.1. The van der Waals surface area contributed by atoms with Crippen LogP contribution in [0.1, 0.15) is 63.0 Å². The number of fused-ring (bicyclic) bond motifs is 2. The summed E-state index contributed by atoms with van der Waals surface area (Å²) in [6.07, 6.45) is 2.91. The predicted octanol–water partition coefficient (Wildman–Crippen LogP) is 3.95. The van der Waals surface area contributed by atoms with E-state index in [2.05, 4.69) is 10.3 Å². The number of Topliss-reactive ketones (excluding diaryl/α,β-unsaturated/α-hetero) is 1. The number of hydrogen-bond acceptors (Lipinski definition) is 3. The van der Waals surface area contributed by atoms with Gasteiger partial charge in [-0.25, -0.2) is 4.39 Å². The lowest BCUT2D eigenvalue weighted by atomic mass is 9.93. The van der Waals surface area contributed by atoms with Gasteiger partial charge in [-0.05, 0) is 55.5 Å². The van der Waals surface area contributed by atoms with Gasteiger partial charge in [-0.2, -0.15) is 0 Å². The second-order valence-corrected chi connectivity index (χ2v) is 7.74. The van der Waals surface area contributed by atoms with Crippen LogP contribution in [0.15, 0.2) is 23.1 Å². The van der Waals surface area contributed by atoms with Crippen LogP contribution >= 0.6 is 11.8 Å². The SMILES string of the molecule is Cc1c(C(=O)NC2CCSc3ccc(F)cc32)[nH]c2c1C(=O)CCC2. The Balaban J connectivity index is 1.62. The minimum absolute atomic E-state index is 0.107. The highest BCUT2D eigenvalue weighted by Crippen LogP contribution is 2.37. The fourth-order valence-electron chi connectivity index (χ4n) is 3.75. The number of rotatable bonds is 2. The maximum atomic E-state index is 13.6. The molecule has 0 spiro atoms. The van der Waals surface area contributed by atoms with E-state index in [1.54, 1.807) is 17.8 Å². The molecular weight excluding hydrogens is 339 g/mol. The molecule has 2 aromatic rings. The van der Waals surface area contributed by atoms with Crippen LogP contribution < -0.4 is 5.32 Å². The van der Waals surface area contributed by atoms with Gasteiger partial charge in [0.15, 0.2) is 5.78 Å². The molecule has 4 rings (SSSR count). The summed E-state index contributed by atoms with van der Waals surface area (Å²) in [5.41, 5.74) is 3.56. The van der Waals surface area contributed by atoms with Crippen LogP contribution in [0.25, 0.3) is 0 Å². The number of halogens is 1. The van der Waals surface area contributed by atoms with E-state index in [1.165, 1.54) is 12.1 Å². The molecule has 0 saturated heterocycles. The quantitative estimate of drug-likeness (QED) is 0.854. The maximum Gasteiger partial charge on any atom is 0.268 e. The first-order chi connectivity index (χ1) is 12.0. The predicted molar refractivity (Wildman–Crippen MR) is 94.7 cm³/mol. The van der Waals surface area contributed by atoms with Gasteiger partial charge in [0.05, 0.1) is 6.04 Å². The Morgan fingerprint density at radius 2 is 2.20 bits per heavy atom. The van der Waals surface area contributed by atoms with E-state index in [4.69, 9.17) is 0 Å². The average molecular weight is 358 g/mol. The second kappa shape index (κ2) is 6.33. The third-order valence-electron chi connectivity index (χ3n) is 4.98. The van der Waals surface area contributed by atoms with Gasteiger partial charge in [0.2, 0.25) is 0 Å². The summed E-state index contributed by atoms with van der Waals surface area (Å²) in [6.45, 7) is 1.82. The fraction of sp³-hybridized carbons (Fsp3) is 0.368. The molecule has 2 heterocycles. The van der Waals surface area contributed by atoms with Gasteiger partial charge in [-0.15, -0.1) is 11.8 Å². The first-order valence-electron chi connectivity index (χ1n) is 8.52. The normalized spacial score (nSPS) is 19.3. The van der Waals surface area contributed by atoms with Crippen molar-refractivity contribution in [2.45, 2.75) is 43.5 Å². The monoisotopic (exact) mass is 358 g/mol. The van der Waals surface area contributed by atoms with Crippen molar-refractivity contribution in [1.82, 2.24) is 10.3 Å². The lowest BCUT2D eigenvalue weighted by molar-refractivity contribution is 0.0929. The van der Waals surface area contributed by atoms with Crippen molar-refractivity contribution in [2.24, 2.45) is 0 Å². The molecule has 1 amide bonds. The number of nitrogens with one attached hydrogen (secondary N) is 2. The summed E-state index contributed by atoms with van der Waals surface area (Å²) in [5.74, 6) is 0.461. The van der Waals surface area contributed by atoms with Crippen LogP contribution in [-0.2, 0) is 6.42 Å². The van der Waals surface area contributed by atoms with Crippen LogP contribution in [0.5, 0.6) is 0 Å². The average Bonchev–Trinajstić information content (AvgIpc) is 2.94. The largest absolute Gasteiger partial charge is 0.354 e. The number of aromatic nitrogens is 1. The molecule has 25 heavy (non-hydrogen) atoms. The van der Waals surface area contributed by atoms with Crippen LogP contribution in [0.3, 0.4) is 0 Å². The zero-order valence-electron chi connectivity index (χ0n) is 13.9. The molecule has 0 radical (unpaired) electrons. The highest BCUT2D eigenvalue weighted by atomic mass is 32.2. The number of H-pyrrole nitrogens is 1. The zero-order chi connectivity index (χ0) is 17.6. The van der Waals surface area contributed by atoms with Crippen molar-refractivity contribution in [3.05, 3.63) is 52.1 Å². The third kappa shape index (κ3) is 2.88. The molecule has 130 valence electrons. The molecule has 4 nitrogen and oxygen atoms in total. The van der Waals surface area contributed by atoms with Crippen molar-refractivity contribution in [3.8, 4) is 0 Å². The Morgan fingerprint density at radius 3 is 3.00 bits per heavy atom. The van der Waals surface area contributed by atoms with E-state index in [0.717, 1.165) is 46.7 Å². The zero-order valence-corrected chi connectivity index (χ0v) is 14.8. The Labute approximate surface area is 149 Å². The van der Waals surface area contributed by atoms with E-state index in [1.807, 2.05) is 6.92 Å². The minimum atomic E-state index is -0.294. The lowest BCUT2D eigenvalue weighted by Gasteiger charge is -2.26. The van der Waals surface area contributed by atoms with Crippen LogP contribution in [0, 0.1) is 12.7 Å². The van der Waals surface area contributed by atoms with Crippen molar-refractivity contribution < 1.29 is 14.0 Å². The molecule has 1 aromatic heterocycles. The highest BCUT2D eigenvalue weighted by molar-refractivity contribution is 7.99. The van der Waals surface area contributed by atoms with Gasteiger partial charge in [-0.1, -0.05) is 0 Å². The van der Waals surface area contributed by atoms with E-state index in [-0.39, 0.29) is 23.5 Å². The first-order valence-corrected chi connectivity index (χ1v) is 9.51. The molecule has 1 atom stereocenters. The van der Waals surface area contributed by atoms with Gasteiger partial charge in [0.25, 0.3) is 5.91 Å². The van der Waals surface area contributed by atoms with E-state index >= 15 is 0 Å².